The van der Waals surface area contributed by atoms with E-state index in [-0.39, 0.29) is 5.41 Å². The van der Waals surface area contributed by atoms with Crippen LogP contribution >= 0.6 is 11.8 Å². The topological polar surface area (TPSA) is 30.7 Å². The summed E-state index contributed by atoms with van der Waals surface area (Å²) in [7, 11) is 0. The highest BCUT2D eigenvalue weighted by Crippen LogP contribution is 2.37. The van der Waals surface area contributed by atoms with Crippen LogP contribution in [0.5, 0.6) is 0 Å². The molecule has 1 aliphatic rings. The molecule has 0 saturated carbocycles. The largest absolute Gasteiger partial charge is 0.277 e. The third-order valence-corrected chi connectivity index (χ3v) is 5.26. The minimum atomic E-state index is 0.159. The highest BCUT2D eigenvalue weighted by molar-refractivity contribution is 7.98. The average Bonchev–Trinajstić information content (AvgIpc) is 2.99. The van der Waals surface area contributed by atoms with Crippen LogP contribution in [-0.2, 0) is 11.2 Å². The van der Waals surface area contributed by atoms with E-state index in [1.165, 1.54) is 16.1 Å². The molecular formula is C19H19N3S. The van der Waals surface area contributed by atoms with Crippen molar-refractivity contribution in [2.24, 2.45) is 0 Å². The van der Waals surface area contributed by atoms with Crippen LogP contribution in [0.25, 0.3) is 17.1 Å². The van der Waals surface area contributed by atoms with Crippen molar-refractivity contribution in [3.63, 3.8) is 0 Å². The molecule has 2 aromatic carbocycles. The number of hydrogen-bond donors (Lipinski definition) is 0. The van der Waals surface area contributed by atoms with Crippen molar-refractivity contribution in [2.45, 2.75) is 36.8 Å². The normalized spacial score (nSPS) is 13.5. The number of hydrogen-bond acceptors (Lipinski definition) is 3. The summed E-state index contributed by atoms with van der Waals surface area (Å²) < 4.78 is 2.19. The molecule has 0 fully saturated rings. The fourth-order valence-electron chi connectivity index (χ4n) is 2.88. The highest BCUT2D eigenvalue weighted by Gasteiger charge is 2.22. The number of fused-ring (bicyclic) bond motifs is 3. The Morgan fingerprint density at radius 1 is 0.957 bits per heavy atom. The van der Waals surface area contributed by atoms with Crippen LogP contribution in [0.4, 0.5) is 0 Å². The van der Waals surface area contributed by atoms with Crippen molar-refractivity contribution in [1.82, 2.24) is 14.8 Å². The highest BCUT2D eigenvalue weighted by atomic mass is 32.2. The Kier molecular flexibility index (Phi) is 3.31. The van der Waals surface area contributed by atoms with Crippen LogP contribution in [0.15, 0.2) is 53.4 Å². The summed E-state index contributed by atoms with van der Waals surface area (Å²) in [5.41, 5.74) is 3.78. The van der Waals surface area contributed by atoms with E-state index in [1.54, 1.807) is 0 Å². The lowest BCUT2D eigenvalue weighted by Crippen LogP contribution is -2.11. The third-order valence-electron chi connectivity index (χ3n) is 4.20. The van der Waals surface area contributed by atoms with Gasteiger partial charge in [0, 0.05) is 10.5 Å². The van der Waals surface area contributed by atoms with Gasteiger partial charge in [0.15, 0.2) is 5.82 Å². The molecule has 0 radical (unpaired) electrons. The van der Waals surface area contributed by atoms with Crippen LogP contribution in [0, 0.1) is 0 Å². The van der Waals surface area contributed by atoms with Crippen molar-refractivity contribution in [1.29, 1.82) is 0 Å². The summed E-state index contributed by atoms with van der Waals surface area (Å²) in [5.74, 6) is 2.81. The van der Waals surface area contributed by atoms with Gasteiger partial charge in [0.1, 0.15) is 5.82 Å². The first-order valence-electron chi connectivity index (χ1n) is 7.81. The van der Waals surface area contributed by atoms with Crippen molar-refractivity contribution in [3.05, 3.63) is 59.9 Å². The maximum atomic E-state index is 4.46. The van der Waals surface area contributed by atoms with Crippen molar-refractivity contribution < 1.29 is 0 Å². The monoisotopic (exact) mass is 321 g/mol. The second-order valence-corrected chi connectivity index (χ2v) is 7.88. The Bertz CT molecular complexity index is 857. The lowest BCUT2D eigenvalue weighted by atomic mass is 9.87. The van der Waals surface area contributed by atoms with Gasteiger partial charge >= 0.3 is 0 Å². The number of rotatable bonds is 1. The Labute approximate surface area is 140 Å². The van der Waals surface area contributed by atoms with Crippen LogP contribution in [0.1, 0.15) is 32.2 Å². The van der Waals surface area contributed by atoms with Gasteiger partial charge < -0.3 is 0 Å². The number of benzene rings is 2. The first-order valence-corrected chi connectivity index (χ1v) is 8.80. The van der Waals surface area contributed by atoms with Gasteiger partial charge in [0.25, 0.3) is 0 Å². The second kappa shape index (κ2) is 5.24. The molecule has 0 unspecified atom stereocenters. The van der Waals surface area contributed by atoms with Gasteiger partial charge in [0.2, 0.25) is 0 Å². The van der Waals surface area contributed by atoms with E-state index < -0.39 is 0 Å². The first-order chi connectivity index (χ1) is 11.0. The number of nitrogens with zero attached hydrogens (tertiary/aromatic N) is 3. The fourth-order valence-corrected chi connectivity index (χ4v) is 3.83. The van der Waals surface area contributed by atoms with E-state index in [2.05, 4.69) is 84.1 Å². The van der Waals surface area contributed by atoms with Gasteiger partial charge in [-0.2, -0.15) is 0 Å². The summed E-state index contributed by atoms with van der Waals surface area (Å²) in [4.78, 5) is 1.28. The van der Waals surface area contributed by atoms with Crippen LogP contribution in [-0.4, -0.2) is 14.8 Å². The zero-order valence-corrected chi connectivity index (χ0v) is 14.4. The van der Waals surface area contributed by atoms with E-state index in [1.807, 2.05) is 11.8 Å². The number of aromatic nitrogens is 3. The maximum absolute atomic E-state index is 4.46. The average molecular weight is 321 g/mol. The van der Waals surface area contributed by atoms with E-state index >= 15 is 0 Å². The molecule has 0 spiro atoms. The Morgan fingerprint density at radius 2 is 1.70 bits per heavy atom. The molecule has 3 nitrogen and oxygen atoms in total. The van der Waals surface area contributed by atoms with Gasteiger partial charge in [-0.05, 0) is 23.1 Å². The maximum Gasteiger partial charge on any atom is 0.168 e. The molecule has 0 atom stereocenters. The van der Waals surface area contributed by atoms with Crippen LogP contribution in [0.3, 0.4) is 0 Å². The second-order valence-electron chi connectivity index (χ2n) is 6.86. The molecule has 2 heterocycles. The fraction of sp³-hybridized carbons (Fsp3) is 0.263. The Balaban J connectivity index is 1.82. The van der Waals surface area contributed by atoms with Crippen LogP contribution in [0.2, 0.25) is 0 Å². The molecule has 4 rings (SSSR count). The molecule has 0 aliphatic carbocycles. The smallest absolute Gasteiger partial charge is 0.168 e. The molecule has 1 aromatic heterocycles. The van der Waals surface area contributed by atoms with E-state index in [0.29, 0.717) is 0 Å². The SMILES string of the molecule is CC(C)(C)c1ccc(-c2nnc3n2-c2ccccc2SC3)cc1. The third kappa shape index (κ3) is 2.47. The number of thioether (sulfide) groups is 1. The van der Waals surface area contributed by atoms with Gasteiger partial charge in [-0.1, -0.05) is 57.2 Å². The van der Waals surface area contributed by atoms with Crippen molar-refractivity contribution >= 4 is 11.8 Å². The lowest BCUT2D eigenvalue weighted by molar-refractivity contribution is 0.590. The molecule has 3 aromatic rings. The molecule has 1 aliphatic heterocycles. The van der Waals surface area contributed by atoms with E-state index in [0.717, 1.165) is 23.0 Å². The van der Waals surface area contributed by atoms with Crippen molar-refractivity contribution in [3.8, 4) is 17.1 Å². The summed E-state index contributed by atoms with van der Waals surface area (Å²) >= 11 is 1.82. The molecule has 0 saturated heterocycles. The molecule has 0 amide bonds. The minimum Gasteiger partial charge on any atom is -0.277 e. The molecule has 116 valence electrons. The number of para-hydroxylation sites is 1. The Hall–Kier alpha value is -2.07. The molecule has 0 bridgehead atoms. The minimum absolute atomic E-state index is 0.159. The van der Waals surface area contributed by atoms with Gasteiger partial charge in [-0.15, -0.1) is 22.0 Å². The standard InChI is InChI=1S/C19H19N3S/c1-19(2,3)14-10-8-13(9-11-14)18-21-20-17-12-23-16-7-5-4-6-15(16)22(17)18/h4-11H,12H2,1-3H3. The Morgan fingerprint density at radius 3 is 2.43 bits per heavy atom. The quantitative estimate of drug-likeness (QED) is 0.642. The molecule has 4 heteroatoms. The summed E-state index contributed by atoms with van der Waals surface area (Å²) in [6.45, 7) is 6.69. The van der Waals surface area contributed by atoms with Gasteiger partial charge in [-0.3, -0.25) is 4.57 Å². The predicted octanol–water partition coefficient (Wildman–Crippen LogP) is 4.84. The molecule has 0 N–H and O–H groups in total. The molecule has 23 heavy (non-hydrogen) atoms. The zero-order valence-electron chi connectivity index (χ0n) is 13.6. The van der Waals surface area contributed by atoms with Gasteiger partial charge in [-0.25, -0.2) is 0 Å². The summed E-state index contributed by atoms with van der Waals surface area (Å²) in [5, 5.41) is 8.85. The summed E-state index contributed by atoms with van der Waals surface area (Å²) in [6, 6.07) is 17.2. The van der Waals surface area contributed by atoms with Crippen molar-refractivity contribution in [2.75, 3.05) is 0 Å². The van der Waals surface area contributed by atoms with Gasteiger partial charge in [0.05, 0.1) is 11.4 Å². The lowest BCUT2D eigenvalue weighted by Gasteiger charge is -2.20. The molecular weight excluding hydrogens is 302 g/mol. The zero-order chi connectivity index (χ0) is 16.0. The van der Waals surface area contributed by atoms with Crippen LogP contribution < -0.4 is 0 Å². The van der Waals surface area contributed by atoms with E-state index in [9.17, 15) is 0 Å². The predicted molar refractivity (Wildman–Crippen MR) is 95.1 cm³/mol. The first kappa shape index (κ1) is 14.5. The van der Waals surface area contributed by atoms with E-state index in [4.69, 9.17) is 0 Å². The summed E-state index contributed by atoms with van der Waals surface area (Å²) in [6.07, 6.45) is 0.